The first-order valence-corrected chi connectivity index (χ1v) is 6.49. The van der Waals surface area contributed by atoms with E-state index >= 15 is 0 Å². The maximum atomic E-state index is 13.7. The van der Waals surface area contributed by atoms with Gasteiger partial charge >= 0.3 is 0 Å². The summed E-state index contributed by atoms with van der Waals surface area (Å²) in [4.78, 5) is 8.76. The minimum Gasteiger partial charge on any atom is -0.255 e. The molecule has 2 rings (SSSR count). The normalized spacial score (nSPS) is 10.5. The highest BCUT2D eigenvalue weighted by Crippen LogP contribution is 2.30. The molecule has 0 fully saturated rings. The number of pyridine rings is 2. The van der Waals surface area contributed by atoms with Gasteiger partial charge in [0, 0.05) is 11.1 Å². The zero-order chi connectivity index (χ0) is 12.3. The molecule has 0 aliphatic carbocycles. The minimum atomic E-state index is -0.589. The molecule has 17 heavy (non-hydrogen) atoms. The van der Waals surface area contributed by atoms with Gasteiger partial charge in [-0.15, -0.1) is 11.8 Å². The topological polar surface area (TPSA) is 25.8 Å². The van der Waals surface area contributed by atoms with Gasteiger partial charge in [-0.25, -0.2) is 4.98 Å². The quantitative estimate of drug-likeness (QED) is 0.620. The third kappa shape index (κ3) is 2.76. The van der Waals surface area contributed by atoms with Crippen LogP contribution in [0.4, 0.5) is 4.39 Å². The fraction of sp³-hybridized carbons (Fsp3) is 0.167. The molecule has 0 radical (unpaired) electrons. The van der Waals surface area contributed by atoms with E-state index in [1.54, 1.807) is 30.1 Å². The van der Waals surface area contributed by atoms with Crippen molar-refractivity contribution in [1.29, 1.82) is 0 Å². The summed E-state index contributed by atoms with van der Waals surface area (Å²) in [5.41, 5.74) is 0.993. The molecule has 2 aromatic heterocycles. The van der Waals surface area contributed by atoms with Gasteiger partial charge in [0.25, 0.3) is 0 Å². The van der Waals surface area contributed by atoms with Crippen molar-refractivity contribution >= 4 is 23.4 Å². The highest BCUT2D eigenvalue weighted by molar-refractivity contribution is 7.99. The Bertz CT molecular complexity index is 534. The van der Waals surface area contributed by atoms with Crippen LogP contribution in [0.1, 0.15) is 6.92 Å². The molecule has 2 aromatic rings. The molecule has 0 atom stereocenters. The summed E-state index contributed by atoms with van der Waals surface area (Å²) in [6.45, 7) is 2.04. The highest BCUT2D eigenvalue weighted by Gasteiger charge is 2.12. The van der Waals surface area contributed by atoms with Gasteiger partial charge in [0.05, 0.1) is 11.3 Å². The van der Waals surface area contributed by atoms with E-state index in [1.165, 1.54) is 0 Å². The zero-order valence-corrected chi connectivity index (χ0v) is 10.7. The molecule has 0 aromatic carbocycles. The van der Waals surface area contributed by atoms with Crippen LogP contribution in [0.5, 0.6) is 0 Å². The molecule has 0 aliphatic heterocycles. The Morgan fingerprint density at radius 3 is 2.88 bits per heavy atom. The van der Waals surface area contributed by atoms with Crippen LogP contribution in [0.2, 0.25) is 5.15 Å². The second-order valence-corrected chi connectivity index (χ2v) is 4.95. The predicted octanol–water partition coefficient (Wildman–Crippen LogP) is 4.05. The van der Waals surface area contributed by atoms with Crippen molar-refractivity contribution in [1.82, 2.24) is 9.97 Å². The fourth-order valence-electron chi connectivity index (χ4n) is 1.45. The predicted molar refractivity (Wildman–Crippen MR) is 68.8 cm³/mol. The largest absolute Gasteiger partial charge is 0.255 e. The van der Waals surface area contributed by atoms with Crippen LogP contribution in [0.3, 0.4) is 0 Å². The SMILES string of the molecule is CCSc1cccnc1-c1ccc(Cl)nc1F. The van der Waals surface area contributed by atoms with Crippen molar-refractivity contribution < 1.29 is 4.39 Å². The van der Waals surface area contributed by atoms with E-state index < -0.39 is 5.95 Å². The first-order chi connectivity index (χ1) is 8.22. The van der Waals surface area contributed by atoms with Gasteiger partial charge in [0.15, 0.2) is 0 Å². The van der Waals surface area contributed by atoms with E-state index in [1.807, 2.05) is 19.1 Å². The lowest BCUT2D eigenvalue weighted by atomic mass is 10.2. The molecule has 5 heteroatoms. The monoisotopic (exact) mass is 268 g/mol. The molecule has 2 heterocycles. The third-order valence-corrected chi connectivity index (χ3v) is 3.28. The molecule has 2 nitrogen and oxygen atoms in total. The summed E-state index contributed by atoms with van der Waals surface area (Å²) in [5.74, 6) is 0.315. The lowest BCUT2D eigenvalue weighted by Gasteiger charge is -2.07. The van der Waals surface area contributed by atoms with Crippen LogP contribution in [0.15, 0.2) is 35.4 Å². The number of hydrogen-bond acceptors (Lipinski definition) is 3. The second kappa shape index (κ2) is 5.47. The third-order valence-electron chi connectivity index (χ3n) is 2.14. The molecule has 0 saturated carbocycles. The van der Waals surface area contributed by atoms with E-state index in [0.29, 0.717) is 11.3 Å². The van der Waals surface area contributed by atoms with Gasteiger partial charge in [-0.2, -0.15) is 4.39 Å². The Hall–Kier alpha value is -1.13. The number of nitrogens with zero attached hydrogens (tertiary/aromatic N) is 2. The van der Waals surface area contributed by atoms with Gasteiger partial charge in [-0.3, -0.25) is 4.98 Å². The summed E-state index contributed by atoms with van der Waals surface area (Å²) in [6.07, 6.45) is 1.64. The van der Waals surface area contributed by atoms with Gasteiger partial charge < -0.3 is 0 Å². The molecule has 0 aliphatic rings. The molecule has 0 saturated heterocycles. The maximum absolute atomic E-state index is 13.7. The summed E-state index contributed by atoms with van der Waals surface area (Å²) in [7, 11) is 0. The fourth-order valence-corrected chi connectivity index (χ4v) is 2.38. The van der Waals surface area contributed by atoms with E-state index in [-0.39, 0.29) is 5.15 Å². The van der Waals surface area contributed by atoms with Crippen molar-refractivity contribution in [3.8, 4) is 11.3 Å². The Kier molecular flexibility index (Phi) is 3.97. The Balaban J connectivity index is 2.52. The first-order valence-electron chi connectivity index (χ1n) is 5.12. The molecule has 88 valence electrons. The first kappa shape index (κ1) is 12.3. The van der Waals surface area contributed by atoms with E-state index in [0.717, 1.165) is 10.6 Å². The van der Waals surface area contributed by atoms with Gasteiger partial charge in [0.2, 0.25) is 5.95 Å². The van der Waals surface area contributed by atoms with Crippen LogP contribution >= 0.6 is 23.4 Å². The molecular formula is C12H10ClFN2S. The smallest absolute Gasteiger partial charge is 0.223 e. The van der Waals surface area contributed by atoms with Crippen molar-refractivity contribution in [3.63, 3.8) is 0 Å². The van der Waals surface area contributed by atoms with Gasteiger partial charge in [-0.1, -0.05) is 18.5 Å². The summed E-state index contributed by atoms with van der Waals surface area (Å²) >= 11 is 7.25. The summed E-state index contributed by atoms with van der Waals surface area (Å²) in [6, 6.07) is 6.93. The van der Waals surface area contributed by atoms with Crippen LogP contribution in [-0.2, 0) is 0 Å². The number of rotatable bonds is 3. The van der Waals surface area contributed by atoms with Crippen LogP contribution in [0, 0.1) is 5.95 Å². The lowest BCUT2D eigenvalue weighted by Crippen LogP contribution is -1.93. The second-order valence-electron chi connectivity index (χ2n) is 3.26. The van der Waals surface area contributed by atoms with E-state index in [2.05, 4.69) is 9.97 Å². The van der Waals surface area contributed by atoms with E-state index in [9.17, 15) is 4.39 Å². The minimum absolute atomic E-state index is 0.145. The molecule has 0 N–H and O–H groups in total. The van der Waals surface area contributed by atoms with Crippen LogP contribution in [-0.4, -0.2) is 15.7 Å². The molecule has 0 bridgehead atoms. The number of thioether (sulfide) groups is 1. The average molecular weight is 269 g/mol. The molecule has 0 unspecified atom stereocenters. The summed E-state index contributed by atoms with van der Waals surface area (Å²) in [5, 5.41) is 0.145. The molecule has 0 spiro atoms. The molecule has 0 amide bonds. The number of hydrogen-bond donors (Lipinski definition) is 0. The Morgan fingerprint density at radius 2 is 2.18 bits per heavy atom. The molecular weight excluding hydrogens is 259 g/mol. The highest BCUT2D eigenvalue weighted by atomic mass is 35.5. The van der Waals surface area contributed by atoms with Gasteiger partial charge in [0.1, 0.15) is 5.15 Å². The average Bonchev–Trinajstić information content (AvgIpc) is 2.31. The van der Waals surface area contributed by atoms with Gasteiger partial charge in [-0.05, 0) is 30.0 Å². The Labute approximate surface area is 108 Å². The maximum Gasteiger partial charge on any atom is 0.223 e. The van der Waals surface area contributed by atoms with Crippen LogP contribution in [0.25, 0.3) is 11.3 Å². The zero-order valence-electron chi connectivity index (χ0n) is 9.15. The number of halogens is 2. The van der Waals surface area contributed by atoms with Crippen molar-refractivity contribution in [2.75, 3.05) is 5.75 Å². The standard InChI is InChI=1S/C12H10ClFN2S/c1-2-17-9-4-3-7-15-11(9)8-5-6-10(13)16-12(8)14/h3-7H,2H2,1H3. The van der Waals surface area contributed by atoms with Crippen LogP contribution < -0.4 is 0 Å². The summed E-state index contributed by atoms with van der Waals surface area (Å²) < 4.78 is 13.7. The lowest BCUT2D eigenvalue weighted by molar-refractivity contribution is 0.587. The van der Waals surface area contributed by atoms with Crippen molar-refractivity contribution in [3.05, 3.63) is 41.6 Å². The van der Waals surface area contributed by atoms with Crippen molar-refractivity contribution in [2.45, 2.75) is 11.8 Å². The Morgan fingerprint density at radius 1 is 1.35 bits per heavy atom. The number of aromatic nitrogens is 2. The van der Waals surface area contributed by atoms with Crippen molar-refractivity contribution in [2.24, 2.45) is 0 Å². The van der Waals surface area contributed by atoms with E-state index in [4.69, 9.17) is 11.6 Å².